The van der Waals surface area contributed by atoms with Crippen LogP contribution in [0.2, 0.25) is 0 Å². The first-order valence-corrected chi connectivity index (χ1v) is 11.6. The molecule has 0 atom stereocenters. The molecule has 172 valence electrons. The van der Waals surface area contributed by atoms with Crippen LogP contribution in [0.3, 0.4) is 0 Å². The molecule has 1 fully saturated rings. The number of nitrogens with zero attached hydrogens (tertiary/aromatic N) is 2. The Morgan fingerprint density at radius 3 is 2.12 bits per heavy atom. The van der Waals surface area contributed by atoms with E-state index >= 15 is 0 Å². The van der Waals surface area contributed by atoms with Gasteiger partial charge in [-0.05, 0) is 62.0 Å². The molecule has 1 aliphatic heterocycles. The predicted octanol–water partition coefficient (Wildman–Crippen LogP) is 5.04. The minimum Gasteiger partial charge on any atom is -0.385 e. The topological polar surface area (TPSA) is 78.6 Å². The molecule has 1 saturated heterocycles. The van der Waals surface area contributed by atoms with Crippen LogP contribution in [0.1, 0.15) is 30.4 Å². The maximum Gasteiger partial charge on any atom is 0.271 e. The average Bonchev–Trinajstić information content (AvgIpc) is 2.88. The summed E-state index contributed by atoms with van der Waals surface area (Å²) < 4.78 is 0. The summed E-state index contributed by atoms with van der Waals surface area (Å²) in [6.07, 6.45) is 2.81. The van der Waals surface area contributed by atoms with Crippen LogP contribution in [-0.2, 0) is 5.60 Å². The van der Waals surface area contributed by atoms with Gasteiger partial charge in [-0.25, -0.2) is 0 Å². The van der Waals surface area contributed by atoms with Gasteiger partial charge >= 0.3 is 0 Å². The lowest BCUT2D eigenvalue weighted by molar-refractivity contribution is -0.384. The Morgan fingerprint density at radius 2 is 1.55 bits per heavy atom. The highest BCUT2D eigenvalue weighted by Gasteiger charge is 2.41. The van der Waals surface area contributed by atoms with Crippen LogP contribution in [0.5, 0.6) is 0 Å². The van der Waals surface area contributed by atoms with Gasteiger partial charge in [-0.1, -0.05) is 66.7 Å². The molecule has 0 aliphatic carbocycles. The molecule has 4 rings (SSSR count). The summed E-state index contributed by atoms with van der Waals surface area (Å²) >= 11 is 0. The van der Waals surface area contributed by atoms with Crippen molar-refractivity contribution >= 4 is 11.4 Å². The molecule has 33 heavy (non-hydrogen) atoms. The molecule has 1 aliphatic rings. The number of aliphatic hydroxyl groups is 1. The number of nitrogens with one attached hydrogen (secondary N) is 1. The molecule has 3 aromatic rings. The van der Waals surface area contributed by atoms with Gasteiger partial charge in [-0.15, -0.1) is 0 Å². The van der Waals surface area contributed by atoms with Crippen LogP contribution < -0.4 is 5.32 Å². The molecule has 0 radical (unpaired) electrons. The standard InChI is InChI=1S/C27H31N3O3/c31-27(22-9-3-1-4-10-22,23-11-5-2-6-12-23)24-15-19-29(20-16-24)18-8-17-28-25-13-7-14-26(21-25)30(32)33/h1-7,9-14,21,24,28,31H,8,15-20H2. The first-order valence-electron chi connectivity index (χ1n) is 11.6. The number of hydrogen-bond acceptors (Lipinski definition) is 5. The predicted molar refractivity (Wildman–Crippen MR) is 131 cm³/mol. The minimum absolute atomic E-state index is 0.103. The summed E-state index contributed by atoms with van der Waals surface area (Å²) in [7, 11) is 0. The van der Waals surface area contributed by atoms with Gasteiger partial charge in [0.2, 0.25) is 0 Å². The Morgan fingerprint density at radius 1 is 0.939 bits per heavy atom. The Kier molecular flexibility index (Phi) is 7.37. The number of likely N-dealkylation sites (tertiary alicyclic amines) is 1. The van der Waals surface area contributed by atoms with E-state index in [4.69, 9.17) is 0 Å². The van der Waals surface area contributed by atoms with E-state index in [0.29, 0.717) is 0 Å². The zero-order valence-electron chi connectivity index (χ0n) is 18.8. The van der Waals surface area contributed by atoms with Gasteiger partial charge in [0.05, 0.1) is 4.92 Å². The van der Waals surface area contributed by atoms with Crippen molar-refractivity contribution in [1.82, 2.24) is 4.90 Å². The molecule has 0 bridgehead atoms. The number of anilines is 1. The summed E-state index contributed by atoms with van der Waals surface area (Å²) in [4.78, 5) is 13.0. The minimum atomic E-state index is -0.988. The van der Waals surface area contributed by atoms with E-state index in [1.165, 1.54) is 6.07 Å². The first-order chi connectivity index (χ1) is 16.1. The first kappa shape index (κ1) is 23.0. The third-order valence-electron chi connectivity index (χ3n) is 6.64. The molecule has 0 spiro atoms. The molecule has 2 N–H and O–H groups in total. The second-order valence-electron chi connectivity index (χ2n) is 8.70. The number of rotatable bonds is 9. The van der Waals surface area contributed by atoms with Gasteiger partial charge in [0.1, 0.15) is 5.60 Å². The van der Waals surface area contributed by atoms with E-state index in [1.807, 2.05) is 66.7 Å². The zero-order chi connectivity index (χ0) is 23.1. The summed E-state index contributed by atoms with van der Waals surface area (Å²) in [5.74, 6) is 0.154. The van der Waals surface area contributed by atoms with Crippen LogP contribution in [-0.4, -0.2) is 41.1 Å². The number of piperidine rings is 1. The van der Waals surface area contributed by atoms with Crippen molar-refractivity contribution in [3.63, 3.8) is 0 Å². The lowest BCUT2D eigenvalue weighted by Crippen LogP contribution is -2.44. The van der Waals surface area contributed by atoms with Gasteiger partial charge in [-0.3, -0.25) is 10.1 Å². The number of nitro benzene ring substituents is 1. The van der Waals surface area contributed by atoms with E-state index in [0.717, 1.165) is 62.3 Å². The van der Waals surface area contributed by atoms with E-state index < -0.39 is 5.60 Å². The third kappa shape index (κ3) is 5.41. The lowest BCUT2D eigenvalue weighted by Gasteiger charge is -2.42. The van der Waals surface area contributed by atoms with Crippen molar-refractivity contribution in [3.8, 4) is 0 Å². The van der Waals surface area contributed by atoms with Crippen LogP contribution in [0.25, 0.3) is 0 Å². The van der Waals surface area contributed by atoms with Gasteiger partial charge in [0.25, 0.3) is 5.69 Å². The SMILES string of the molecule is O=[N+]([O-])c1cccc(NCCCN2CCC(C(O)(c3ccccc3)c3ccccc3)CC2)c1. The van der Waals surface area contributed by atoms with Crippen molar-refractivity contribution in [1.29, 1.82) is 0 Å². The molecule has 3 aromatic carbocycles. The molecule has 6 heteroatoms. The normalized spacial score (nSPS) is 15.3. The summed E-state index contributed by atoms with van der Waals surface area (Å²) in [6, 6.07) is 26.7. The fourth-order valence-corrected chi connectivity index (χ4v) is 4.86. The highest BCUT2D eigenvalue weighted by molar-refractivity contribution is 5.50. The lowest BCUT2D eigenvalue weighted by atomic mass is 9.72. The molecule has 0 unspecified atom stereocenters. The molecule has 6 nitrogen and oxygen atoms in total. The maximum absolute atomic E-state index is 12.0. The fraction of sp³-hybridized carbons (Fsp3) is 0.333. The smallest absolute Gasteiger partial charge is 0.271 e. The van der Waals surface area contributed by atoms with Crippen molar-refractivity contribution < 1.29 is 10.0 Å². The second kappa shape index (κ2) is 10.6. The van der Waals surface area contributed by atoms with E-state index in [9.17, 15) is 15.2 Å². The van der Waals surface area contributed by atoms with Crippen molar-refractivity contribution in [3.05, 3.63) is 106 Å². The van der Waals surface area contributed by atoms with Crippen LogP contribution in [0.15, 0.2) is 84.9 Å². The zero-order valence-corrected chi connectivity index (χ0v) is 18.8. The Balaban J connectivity index is 1.32. The second-order valence-corrected chi connectivity index (χ2v) is 8.70. The van der Waals surface area contributed by atoms with Crippen LogP contribution >= 0.6 is 0 Å². The van der Waals surface area contributed by atoms with E-state index in [-0.39, 0.29) is 16.5 Å². The van der Waals surface area contributed by atoms with Gasteiger partial charge in [0, 0.05) is 24.4 Å². The van der Waals surface area contributed by atoms with E-state index in [2.05, 4.69) is 10.2 Å². The number of nitro groups is 1. The number of benzene rings is 3. The van der Waals surface area contributed by atoms with Crippen molar-refractivity contribution in [2.75, 3.05) is 31.5 Å². The molecule has 1 heterocycles. The Bertz CT molecular complexity index is 995. The highest BCUT2D eigenvalue weighted by Crippen LogP contribution is 2.41. The largest absolute Gasteiger partial charge is 0.385 e. The highest BCUT2D eigenvalue weighted by atomic mass is 16.6. The van der Waals surface area contributed by atoms with Gasteiger partial charge in [-0.2, -0.15) is 0 Å². The third-order valence-corrected chi connectivity index (χ3v) is 6.64. The maximum atomic E-state index is 12.0. The van der Waals surface area contributed by atoms with Crippen molar-refractivity contribution in [2.45, 2.75) is 24.9 Å². The quantitative estimate of drug-likeness (QED) is 0.274. The van der Waals surface area contributed by atoms with Crippen LogP contribution in [0, 0.1) is 16.0 Å². The van der Waals surface area contributed by atoms with E-state index in [1.54, 1.807) is 12.1 Å². The Labute approximate surface area is 195 Å². The fourth-order valence-electron chi connectivity index (χ4n) is 4.86. The van der Waals surface area contributed by atoms with Gasteiger partial charge < -0.3 is 15.3 Å². The van der Waals surface area contributed by atoms with Crippen LogP contribution in [0.4, 0.5) is 11.4 Å². The van der Waals surface area contributed by atoms with Gasteiger partial charge in [0.15, 0.2) is 0 Å². The van der Waals surface area contributed by atoms with Crippen molar-refractivity contribution in [2.24, 2.45) is 5.92 Å². The Hall–Kier alpha value is -3.22. The number of hydrogen-bond donors (Lipinski definition) is 2. The molecular formula is C27H31N3O3. The monoisotopic (exact) mass is 445 g/mol. The molecule has 0 saturated carbocycles. The summed E-state index contributed by atoms with van der Waals surface area (Å²) in [6.45, 7) is 3.62. The average molecular weight is 446 g/mol. The summed E-state index contributed by atoms with van der Waals surface area (Å²) in [5.41, 5.74) is 1.80. The number of non-ortho nitro benzene ring substituents is 1. The summed E-state index contributed by atoms with van der Waals surface area (Å²) in [5, 5.41) is 26.2. The molecular weight excluding hydrogens is 414 g/mol. The molecule has 0 amide bonds. The molecule has 0 aromatic heterocycles.